The molecule has 0 aliphatic heterocycles. The molecule has 3 heteroatoms. The fourth-order valence-electron chi connectivity index (χ4n) is 3.19. The Morgan fingerprint density at radius 3 is 2.70 bits per heavy atom. The Bertz CT molecular complexity index is 546. The van der Waals surface area contributed by atoms with Gasteiger partial charge in [0.05, 0.1) is 11.9 Å². The van der Waals surface area contributed by atoms with Gasteiger partial charge in [-0.3, -0.25) is 5.10 Å². The molecule has 1 heterocycles. The van der Waals surface area contributed by atoms with Gasteiger partial charge in [0, 0.05) is 18.2 Å². The lowest BCUT2D eigenvalue weighted by Gasteiger charge is -2.19. The van der Waals surface area contributed by atoms with Gasteiger partial charge in [-0.1, -0.05) is 44.2 Å². The van der Waals surface area contributed by atoms with Crippen LogP contribution in [-0.2, 0) is 6.54 Å². The summed E-state index contributed by atoms with van der Waals surface area (Å²) in [5.74, 6) is 1.60. The fraction of sp³-hybridized carbons (Fsp3) is 0.471. The lowest BCUT2D eigenvalue weighted by atomic mass is 9.97. The molecular formula is C17H23N3. The smallest absolute Gasteiger partial charge is 0.0695 e. The zero-order valence-corrected chi connectivity index (χ0v) is 12.3. The highest BCUT2D eigenvalue weighted by molar-refractivity contribution is 5.62. The van der Waals surface area contributed by atoms with Crippen molar-refractivity contribution in [2.24, 2.45) is 11.8 Å². The van der Waals surface area contributed by atoms with E-state index < -0.39 is 0 Å². The van der Waals surface area contributed by atoms with E-state index in [9.17, 15) is 0 Å². The minimum atomic E-state index is 0.642. The third-order valence-corrected chi connectivity index (χ3v) is 4.80. The Balaban J connectivity index is 1.69. The molecule has 0 spiro atoms. The Morgan fingerprint density at radius 2 is 2.00 bits per heavy atom. The summed E-state index contributed by atoms with van der Waals surface area (Å²) in [7, 11) is 0. The number of nitrogens with zero attached hydrogens (tertiary/aromatic N) is 1. The van der Waals surface area contributed by atoms with E-state index in [2.05, 4.69) is 53.6 Å². The van der Waals surface area contributed by atoms with Crippen LogP contribution in [0.15, 0.2) is 36.5 Å². The Morgan fingerprint density at radius 1 is 1.20 bits per heavy atom. The van der Waals surface area contributed by atoms with Gasteiger partial charge in [-0.2, -0.15) is 5.10 Å². The van der Waals surface area contributed by atoms with E-state index in [1.165, 1.54) is 24.0 Å². The van der Waals surface area contributed by atoms with E-state index in [1.54, 1.807) is 0 Å². The van der Waals surface area contributed by atoms with Crippen molar-refractivity contribution in [1.82, 2.24) is 15.5 Å². The Labute approximate surface area is 120 Å². The highest BCUT2D eigenvalue weighted by Gasteiger charge is 2.29. The average Bonchev–Trinajstić information content (AvgIpc) is 3.07. The van der Waals surface area contributed by atoms with E-state index in [0.717, 1.165) is 24.1 Å². The number of H-pyrrole nitrogens is 1. The van der Waals surface area contributed by atoms with Crippen LogP contribution >= 0.6 is 0 Å². The third-order valence-electron chi connectivity index (χ3n) is 4.80. The number of nitrogens with one attached hydrogen (secondary N) is 2. The molecule has 3 atom stereocenters. The molecule has 0 bridgehead atoms. The van der Waals surface area contributed by atoms with Crippen LogP contribution in [0.5, 0.6) is 0 Å². The predicted molar refractivity (Wildman–Crippen MR) is 82.2 cm³/mol. The summed E-state index contributed by atoms with van der Waals surface area (Å²) < 4.78 is 0. The molecule has 20 heavy (non-hydrogen) atoms. The van der Waals surface area contributed by atoms with Crippen molar-refractivity contribution < 1.29 is 0 Å². The summed E-state index contributed by atoms with van der Waals surface area (Å²) in [5.41, 5.74) is 3.59. The number of hydrogen-bond acceptors (Lipinski definition) is 2. The second-order valence-corrected chi connectivity index (χ2v) is 6.04. The van der Waals surface area contributed by atoms with Crippen molar-refractivity contribution >= 4 is 0 Å². The molecule has 3 nitrogen and oxygen atoms in total. The number of benzene rings is 1. The number of rotatable bonds is 4. The minimum absolute atomic E-state index is 0.642. The summed E-state index contributed by atoms with van der Waals surface area (Å²) >= 11 is 0. The van der Waals surface area contributed by atoms with Crippen LogP contribution in [0, 0.1) is 11.8 Å². The van der Waals surface area contributed by atoms with Crippen LogP contribution < -0.4 is 5.32 Å². The molecule has 0 saturated heterocycles. The largest absolute Gasteiger partial charge is 0.310 e. The minimum Gasteiger partial charge on any atom is -0.310 e. The van der Waals surface area contributed by atoms with Crippen LogP contribution in [0.4, 0.5) is 0 Å². The second-order valence-electron chi connectivity index (χ2n) is 6.04. The first-order valence-corrected chi connectivity index (χ1v) is 7.56. The molecule has 1 saturated carbocycles. The van der Waals surface area contributed by atoms with Gasteiger partial charge < -0.3 is 5.32 Å². The lowest BCUT2D eigenvalue weighted by molar-refractivity contribution is 0.370. The SMILES string of the molecule is CC1CCC(NCc2cn[nH]c2-c2ccccc2)C1C. The summed E-state index contributed by atoms with van der Waals surface area (Å²) in [5, 5.41) is 11.1. The molecule has 1 aliphatic carbocycles. The zero-order valence-electron chi connectivity index (χ0n) is 12.3. The maximum Gasteiger partial charge on any atom is 0.0695 e. The molecular weight excluding hydrogens is 246 g/mol. The molecule has 3 unspecified atom stereocenters. The summed E-state index contributed by atoms with van der Waals surface area (Å²) in [4.78, 5) is 0. The topological polar surface area (TPSA) is 40.7 Å². The van der Waals surface area contributed by atoms with Crippen LogP contribution in [0.1, 0.15) is 32.3 Å². The molecule has 106 valence electrons. The van der Waals surface area contributed by atoms with Gasteiger partial charge in [0.15, 0.2) is 0 Å². The first kappa shape index (κ1) is 13.4. The molecule has 1 aromatic heterocycles. The molecule has 2 aromatic rings. The molecule has 0 radical (unpaired) electrons. The normalized spacial score (nSPS) is 26.0. The molecule has 2 N–H and O–H groups in total. The molecule has 1 aliphatic rings. The van der Waals surface area contributed by atoms with Gasteiger partial charge in [0.2, 0.25) is 0 Å². The summed E-state index contributed by atoms with van der Waals surface area (Å²) in [6, 6.07) is 11.1. The molecule has 1 fully saturated rings. The van der Waals surface area contributed by atoms with Crippen LogP contribution in [0.25, 0.3) is 11.3 Å². The standard InChI is InChI=1S/C17H23N3/c1-12-8-9-16(13(12)2)18-10-15-11-19-20-17(15)14-6-4-3-5-7-14/h3-7,11-13,16,18H,8-10H2,1-2H3,(H,19,20). The van der Waals surface area contributed by atoms with Gasteiger partial charge in [-0.05, 0) is 30.2 Å². The first-order valence-electron chi connectivity index (χ1n) is 7.56. The third kappa shape index (κ3) is 2.63. The van der Waals surface area contributed by atoms with Gasteiger partial charge in [0.25, 0.3) is 0 Å². The quantitative estimate of drug-likeness (QED) is 0.890. The molecule has 3 rings (SSSR count). The molecule has 1 aromatic carbocycles. The summed E-state index contributed by atoms with van der Waals surface area (Å²) in [6.07, 6.45) is 4.58. The van der Waals surface area contributed by atoms with E-state index in [-0.39, 0.29) is 0 Å². The van der Waals surface area contributed by atoms with E-state index >= 15 is 0 Å². The van der Waals surface area contributed by atoms with Crippen molar-refractivity contribution in [1.29, 1.82) is 0 Å². The number of hydrogen-bond donors (Lipinski definition) is 2. The van der Waals surface area contributed by atoms with Crippen molar-refractivity contribution in [3.8, 4) is 11.3 Å². The van der Waals surface area contributed by atoms with E-state index in [0.29, 0.717) is 6.04 Å². The highest BCUT2D eigenvalue weighted by atomic mass is 15.1. The van der Waals surface area contributed by atoms with Crippen LogP contribution in [-0.4, -0.2) is 16.2 Å². The first-order chi connectivity index (χ1) is 9.75. The van der Waals surface area contributed by atoms with Gasteiger partial charge in [-0.15, -0.1) is 0 Å². The maximum atomic E-state index is 4.21. The van der Waals surface area contributed by atoms with Crippen molar-refractivity contribution in [2.45, 2.75) is 39.3 Å². The zero-order chi connectivity index (χ0) is 13.9. The number of aromatic amines is 1. The highest BCUT2D eigenvalue weighted by Crippen LogP contribution is 2.31. The monoisotopic (exact) mass is 269 g/mol. The predicted octanol–water partition coefficient (Wildman–Crippen LogP) is 3.60. The van der Waals surface area contributed by atoms with Crippen molar-refractivity contribution in [3.63, 3.8) is 0 Å². The van der Waals surface area contributed by atoms with E-state index in [1.807, 2.05) is 12.3 Å². The molecule has 0 amide bonds. The summed E-state index contributed by atoms with van der Waals surface area (Å²) in [6.45, 7) is 5.62. The van der Waals surface area contributed by atoms with Crippen LogP contribution in [0.3, 0.4) is 0 Å². The van der Waals surface area contributed by atoms with Crippen LogP contribution in [0.2, 0.25) is 0 Å². The van der Waals surface area contributed by atoms with Crippen molar-refractivity contribution in [2.75, 3.05) is 0 Å². The number of aromatic nitrogens is 2. The van der Waals surface area contributed by atoms with E-state index in [4.69, 9.17) is 0 Å². The van der Waals surface area contributed by atoms with Gasteiger partial charge in [0.1, 0.15) is 0 Å². The van der Waals surface area contributed by atoms with Gasteiger partial charge >= 0.3 is 0 Å². The van der Waals surface area contributed by atoms with Crippen molar-refractivity contribution in [3.05, 3.63) is 42.1 Å². The second kappa shape index (κ2) is 5.80. The average molecular weight is 269 g/mol. The van der Waals surface area contributed by atoms with Gasteiger partial charge in [-0.25, -0.2) is 0 Å². The Hall–Kier alpha value is -1.61. The fourth-order valence-corrected chi connectivity index (χ4v) is 3.19. The maximum absolute atomic E-state index is 4.21. The lowest BCUT2D eigenvalue weighted by Crippen LogP contribution is -2.31. The Kier molecular flexibility index (Phi) is 3.88.